The van der Waals surface area contributed by atoms with Gasteiger partial charge in [0.05, 0.1) is 12.6 Å². The molecule has 1 atom stereocenters. The van der Waals surface area contributed by atoms with Gasteiger partial charge < -0.3 is 20.1 Å². The quantitative estimate of drug-likeness (QED) is 0.880. The van der Waals surface area contributed by atoms with Gasteiger partial charge in [-0.2, -0.15) is 0 Å². The molecule has 0 saturated carbocycles. The lowest BCUT2D eigenvalue weighted by Gasteiger charge is -2.27. The van der Waals surface area contributed by atoms with Crippen molar-refractivity contribution >= 4 is 35.3 Å². The molecule has 7 heteroatoms. The Bertz CT molecular complexity index is 678. The molecule has 3 rings (SSSR count). The van der Waals surface area contributed by atoms with Gasteiger partial charge in [-0.1, -0.05) is 13.0 Å². The van der Waals surface area contributed by atoms with Crippen molar-refractivity contribution < 1.29 is 14.3 Å². The Labute approximate surface area is 151 Å². The Morgan fingerprint density at radius 1 is 1.29 bits per heavy atom. The summed E-state index contributed by atoms with van der Waals surface area (Å²) in [5, 5.41) is 2.00. The van der Waals surface area contributed by atoms with Gasteiger partial charge in [-0.05, 0) is 30.0 Å². The third-order valence-electron chi connectivity index (χ3n) is 3.75. The lowest BCUT2D eigenvalue weighted by molar-refractivity contribution is -0.120. The normalized spacial score (nSPS) is 13.8. The number of ether oxygens (including phenoxy) is 2. The second-order valence-electron chi connectivity index (χ2n) is 5.35. The van der Waals surface area contributed by atoms with Crippen molar-refractivity contribution in [3.63, 3.8) is 0 Å². The van der Waals surface area contributed by atoms with Gasteiger partial charge in [0.2, 0.25) is 5.91 Å². The zero-order valence-corrected chi connectivity index (χ0v) is 15.1. The third-order valence-corrected chi connectivity index (χ3v) is 4.62. The summed E-state index contributed by atoms with van der Waals surface area (Å²) in [6.07, 6.45) is 0.602. The standard InChI is InChI=1S/C17H20N2O3S.ClH/c1-2-14(18)17(20)19(11-13-4-3-9-23-13)12-5-6-15-16(10-12)22-8-7-21-15;/h3-6,9-10,14H,2,7-8,11,18H2,1H3;1H. The summed E-state index contributed by atoms with van der Waals surface area (Å²) in [6.45, 7) is 3.48. The predicted octanol–water partition coefficient (Wildman–Crippen LogP) is 3.21. The molecular formula is C17H21ClN2O3S. The molecule has 2 heterocycles. The maximum atomic E-state index is 12.7. The molecule has 2 N–H and O–H groups in total. The highest BCUT2D eigenvalue weighted by molar-refractivity contribution is 7.09. The number of hydrogen-bond acceptors (Lipinski definition) is 5. The Balaban J connectivity index is 0.00000208. The van der Waals surface area contributed by atoms with Crippen molar-refractivity contribution in [1.82, 2.24) is 0 Å². The van der Waals surface area contributed by atoms with Gasteiger partial charge in [0.15, 0.2) is 11.5 Å². The summed E-state index contributed by atoms with van der Waals surface area (Å²) in [6, 6.07) is 9.05. The summed E-state index contributed by atoms with van der Waals surface area (Å²) in [5.74, 6) is 1.30. The van der Waals surface area contributed by atoms with Crippen LogP contribution < -0.4 is 20.1 Å². The Hall–Kier alpha value is -1.76. The third kappa shape index (κ3) is 4.01. The van der Waals surface area contributed by atoms with E-state index in [4.69, 9.17) is 15.2 Å². The molecule has 1 aromatic carbocycles. The van der Waals surface area contributed by atoms with Gasteiger partial charge >= 0.3 is 0 Å². The minimum Gasteiger partial charge on any atom is -0.486 e. The monoisotopic (exact) mass is 368 g/mol. The molecule has 1 aliphatic rings. The Morgan fingerprint density at radius 2 is 2.04 bits per heavy atom. The van der Waals surface area contributed by atoms with Crippen molar-refractivity contribution in [2.75, 3.05) is 18.1 Å². The molecule has 130 valence electrons. The van der Waals surface area contributed by atoms with E-state index < -0.39 is 6.04 Å². The van der Waals surface area contributed by atoms with Crippen LogP contribution in [0.25, 0.3) is 0 Å². The fraction of sp³-hybridized carbons (Fsp3) is 0.353. The largest absolute Gasteiger partial charge is 0.486 e. The van der Waals surface area contributed by atoms with Crippen LogP contribution in [-0.4, -0.2) is 25.2 Å². The number of nitrogens with zero attached hydrogens (tertiary/aromatic N) is 1. The number of fused-ring (bicyclic) bond motifs is 1. The molecule has 1 aliphatic heterocycles. The van der Waals surface area contributed by atoms with Crippen LogP contribution in [0.2, 0.25) is 0 Å². The number of rotatable bonds is 5. The molecular weight excluding hydrogens is 348 g/mol. The van der Waals surface area contributed by atoms with Crippen LogP contribution in [0, 0.1) is 0 Å². The maximum Gasteiger partial charge on any atom is 0.244 e. The van der Waals surface area contributed by atoms with Gasteiger partial charge in [0.25, 0.3) is 0 Å². The summed E-state index contributed by atoms with van der Waals surface area (Å²) in [7, 11) is 0. The van der Waals surface area contributed by atoms with E-state index in [1.807, 2.05) is 42.6 Å². The zero-order chi connectivity index (χ0) is 16.2. The average molecular weight is 369 g/mol. The van der Waals surface area contributed by atoms with Crippen LogP contribution in [0.15, 0.2) is 35.7 Å². The van der Waals surface area contributed by atoms with Crippen molar-refractivity contribution in [3.05, 3.63) is 40.6 Å². The van der Waals surface area contributed by atoms with E-state index in [0.29, 0.717) is 37.7 Å². The Kier molecular flexibility index (Phi) is 6.48. The average Bonchev–Trinajstić information content (AvgIpc) is 3.11. The van der Waals surface area contributed by atoms with E-state index in [0.717, 1.165) is 10.6 Å². The van der Waals surface area contributed by atoms with Crippen molar-refractivity contribution in [1.29, 1.82) is 0 Å². The Morgan fingerprint density at radius 3 is 2.71 bits per heavy atom. The zero-order valence-electron chi connectivity index (χ0n) is 13.4. The number of amides is 1. The minimum atomic E-state index is -0.511. The number of anilines is 1. The number of carbonyl (C=O) groups is 1. The fourth-order valence-electron chi connectivity index (χ4n) is 2.43. The van der Waals surface area contributed by atoms with E-state index in [1.54, 1.807) is 16.2 Å². The number of hydrogen-bond donors (Lipinski definition) is 1. The van der Waals surface area contributed by atoms with E-state index in [2.05, 4.69) is 0 Å². The van der Waals surface area contributed by atoms with Crippen molar-refractivity contribution in [2.24, 2.45) is 5.73 Å². The molecule has 0 radical (unpaired) electrons. The molecule has 2 aromatic rings. The molecule has 1 amide bonds. The van der Waals surface area contributed by atoms with E-state index in [9.17, 15) is 4.79 Å². The number of nitrogens with two attached hydrogens (primary N) is 1. The second-order valence-corrected chi connectivity index (χ2v) is 6.38. The van der Waals surface area contributed by atoms with E-state index >= 15 is 0 Å². The SMILES string of the molecule is CCC(N)C(=O)N(Cc1cccs1)c1ccc2c(c1)OCCO2.Cl. The van der Waals surface area contributed by atoms with Crippen molar-refractivity contribution in [3.8, 4) is 11.5 Å². The number of carbonyl (C=O) groups excluding carboxylic acids is 1. The molecule has 0 aliphatic carbocycles. The molecule has 5 nitrogen and oxygen atoms in total. The van der Waals surface area contributed by atoms with Gasteiger partial charge in [0.1, 0.15) is 13.2 Å². The van der Waals surface area contributed by atoms with E-state index in [1.165, 1.54) is 0 Å². The topological polar surface area (TPSA) is 64.8 Å². The van der Waals surface area contributed by atoms with Crippen LogP contribution in [0.5, 0.6) is 11.5 Å². The molecule has 1 aromatic heterocycles. The summed E-state index contributed by atoms with van der Waals surface area (Å²) >= 11 is 1.62. The number of benzene rings is 1. The fourth-order valence-corrected chi connectivity index (χ4v) is 3.12. The molecule has 0 spiro atoms. The molecule has 0 saturated heterocycles. The first-order valence-electron chi connectivity index (χ1n) is 7.68. The lowest BCUT2D eigenvalue weighted by Crippen LogP contribution is -2.43. The highest BCUT2D eigenvalue weighted by Crippen LogP contribution is 2.34. The first-order valence-corrected chi connectivity index (χ1v) is 8.56. The summed E-state index contributed by atoms with van der Waals surface area (Å²) in [5.41, 5.74) is 6.75. The van der Waals surface area contributed by atoms with E-state index in [-0.39, 0.29) is 18.3 Å². The van der Waals surface area contributed by atoms with Crippen LogP contribution >= 0.6 is 23.7 Å². The first-order chi connectivity index (χ1) is 11.2. The first kappa shape index (κ1) is 18.6. The van der Waals surface area contributed by atoms with Gasteiger partial charge in [-0.15, -0.1) is 23.7 Å². The van der Waals surface area contributed by atoms with Gasteiger partial charge in [0, 0.05) is 16.6 Å². The van der Waals surface area contributed by atoms with Gasteiger partial charge in [-0.25, -0.2) is 0 Å². The van der Waals surface area contributed by atoms with Crippen LogP contribution in [0.1, 0.15) is 18.2 Å². The number of halogens is 1. The highest BCUT2D eigenvalue weighted by atomic mass is 35.5. The summed E-state index contributed by atoms with van der Waals surface area (Å²) in [4.78, 5) is 15.5. The number of thiophene rings is 1. The lowest BCUT2D eigenvalue weighted by atomic mass is 10.1. The van der Waals surface area contributed by atoms with Crippen LogP contribution in [-0.2, 0) is 11.3 Å². The minimum absolute atomic E-state index is 0. The van der Waals surface area contributed by atoms with Crippen LogP contribution in [0.3, 0.4) is 0 Å². The molecule has 1 unspecified atom stereocenters. The highest BCUT2D eigenvalue weighted by Gasteiger charge is 2.23. The molecule has 0 fully saturated rings. The maximum absolute atomic E-state index is 12.7. The second kappa shape index (κ2) is 8.37. The van der Waals surface area contributed by atoms with Crippen molar-refractivity contribution in [2.45, 2.75) is 25.9 Å². The van der Waals surface area contributed by atoms with Crippen LogP contribution in [0.4, 0.5) is 5.69 Å². The predicted molar refractivity (Wildman–Crippen MR) is 98.5 cm³/mol. The summed E-state index contributed by atoms with van der Waals surface area (Å²) < 4.78 is 11.2. The van der Waals surface area contributed by atoms with Gasteiger partial charge in [-0.3, -0.25) is 4.79 Å². The smallest absolute Gasteiger partial charge is 0.244 e. The molecule has 24 heavy (non-hydrogen) atoms. The molecule has 0 bridgehead atoms.